The number of unbranched alkanes of at least 4 members (excludes halogenated alkanes) is 5. The van der Waals surface area contributed by atoms with Gasteiger partial charge in [0.1, 0.15) is 5.82 Å². The summed E-state index contributed by atoms with van der Waals surface area (Å²) in [7, 11) is 0. The summed E-state index contributed by atoms with van der Waals surface area (Å²) in [5, 5.41) is 1.91. The van der Waals surface area contributed by atoms with E-state index in [2.05, 4.69) is 11.8 Å². The number of benzene rings is 1. The zero-order valence-electron chi connectivity index (χ0n) is 20.4. The van der Waals surface area contributed by atoms with E-state index >= 15 is 0 Å². The molecule has 0 unspecified atom stereocenters. The van der Waals surface area contributed by atoms with E-state index in [4.69, 9.17) is 0 Å². The Morgan fingerprint density at radius 2 is 1.68 bits per heavy atom. The van der Waals surface area contributed by atoms with Gasteiger partial charge in [-0.25, -0.2) is 4.39 Å². The number of nitrogens with zero attached hydrogens (tertiary/aromatic N) is 3. The van der Waals surface area contributed by atoms with Crippen molar-refractivity contribution in [2.24, 2.45) is 0 Å². The number of amides is 2. The molecule has 0 bridgehead atoms. The Hall–Kier alpha value is -2.25. The topological polar surface area (TPSA) is 43.9 Å². The molecule has 1 aliphatic rings. The van der Waals surface area contributed by atoms with Gasteiger partial charge in [0.05, 0.1) is 4.88 Å². The van der Waals surface area contributed by atoms with E-state index in [1.165, 1.54) is 49.2 Å². The van der Waals surface area contributed by atoms with Gasteiger partial charge in [-0.1, -0.05) is 57.2 Å². The fraction of sp³-hybridized carbons (Fsp3) is 0.556. The lowest BCUT2D eigenvalue weighted by molar-refractivity contribution is -0.133. The maximum absolute atomic E-state index is 13.3. The van der Waals surface area contributed by atoms with E-state index in [9.17, 15) is 14.0 Å². The number of thiophene rings is 1. The molecular formula is C27H38FN3O2S. The van der Waals surface area contributed by atoms with Crippen LogP contribution in [0.4, 0.5) is 4.39 Å². The third-order valence-electron chi connectivity index (χ3n) is 6.46. The van der Waals surface area contributed by atoms with Crippen molar-refractivity contribution < 1.29 is 14.0 Å². The number of carbonyl (C=O) groups excluding carboxylic acids is 2. The van der Waals surface area contributed by atoms with Crippen LogP contribution in [-0.2, 0) is 11.3 Å². The second kappa shape index (κ2) is 14.2. The van der Waals surface area contributed by atoms with Crippen molar-refractivity contribution in [1.29, 1.82) is 0 Å². The normalized spacial score (nSPS) is 14.4. The second-order valence-electron chi connectivity index (χ2n) is 9.07. The van der Waals surface area contributed by atoms with Crippen LogP contribution in [0.5, 0.6) is 0 Å². The lowest BCUT2D eigenvalue weighted by Gasteiger charge is -2.36. The molecule has 34 heavy (non-hydrogen) atoms. The van der Waals surface area contributed by atoms with Crippen LogP contribution in [0.15, 0.2) is 41.8 Å². The minimum Gasteiger partial charge on any atom is -0.340 e. The van der Waals surface area contributed by atoms with Gasteiger partial charge in [0.2, 0.25) is 5.91 Å². The quantitative estimate of drug-likeness (QED) is 0.354. The Morgan fingerprint density at radius 1 is 0.971 bits per heavy atom. The summed E-state index contributed by atoms with van der Waals surface area (Å²) in [6, 6.07) is 10.1. The molecule has 2 aromatic rings. The van der Waals surface area contributed by atoms with E-state index in [0.29, 0.717) is 24.4 Å². The second-order valence-corrected chi connectivity index (χ2v) is 10.0. The van der Waals surface area contributed by atoms with Gasteiger partial charge in [0.15, 0.2) is 0 Å². The third kappa shape index (κ3) is 8.51. The molecule has 2 heterocycles. The van der Waals surface area contributed by atoms with Crippen LogP contribution in [0.3, 0.4) is 0 Å². The molecule has 1 aromatic heterocycles. The first kappa shape index (κ1) is 26.4. The maximum Gasteiger partial charge on any atom is 0.264 e. The lowest BCUT2D eigenvalue weighted by atomic mass is 10.1. The Labute approximate surface area is 207 Å². The van der Waals surface area contributed by atoms with Gasteiger partial charge < -0.3 is 9.80 Å². The first-order valence-electron chi connectivity index (χ1n) is 12.6. The first-order valence-corrected chi connectivity index (χ1v) is 13.5. The molecule has 1 aromatic carbocycles. The van der Waals surface area contributed by atoms with Crippen LogP contribution in [0.2, 0.25) is 0 Å². The van der Waals surface area contributed by atoms with Crippen molar-refractivity contribution in [3.8, 4) is 0 Å². The van der Waals surface area contributed by atoms with Gasteiger partial charge >= 0.3 is 0 Å². The molecule has 1 fully saturated rings. The van der Waals surface area contributed by atoms with E-state index < -0.39 is 0 Å². The van der Waals surface area contributed by atoms with Gasteiger partial charge in [0, 0.05) is 52.2 Å². The smallest absolute Gasteiger partial charge is 0.264 e. The summed E-state index contributed by atoms with van der Waals surface area (Å²) in [4.78, 5) is 32.5. The number of hydrogen-bond acceptors (Lipinski definition) is 4. The van der Waals surface area contributed by atoms with Gasteiger partial charge in [-0.3, -0.25) is 14.5 Å². The molecule has 0 aliphatic carbocycles. The minimum atomic E-state index is -0.274. The highest BCUT2D eigenvalue weighted by atomic mass is 32.1. The van der Waals surface area contributed by atoms with Gasteiger partial charge in [-0.05, 0) is 35.6 Å². The molecular weight excluding hydrogens is 449 g/mol. The standard InChI is InChI=1S/C27H38FN3O2S/c1-2-3-4-5-6-7-10-26(32)30-18-15-29(16-19-30)17-20-31(27(33)25-9-8-21-34-25)22-23-11-13-24(28)14-12-23/h8-9,11-14,21H,2-7,10,15-20,22H2,1H3. The largest absolute Gasteiger partial charge is 0.340 e. The number of hydrogen-bond donors (Lipinski definition) is 0. The van der Waals surface area contributed by atoms with Gasteiger partial charge in [-0.15, -0.1) is 11.3 Å². The van der Waals surface area contributed by atoms with Crippen LogP contribution in [0, 0.1) is 5.82 Å². The molecule has 2 amide bonds. The Morgan fingerprint density at radius 3 is 2.35 bits per heavy atom. The summed E-state index contributed by atoms with van der Waals surface area (Å²) in [5.74, 6) is 0.0109. The molecule has 1 aliphatic heterocycles. The average molecular weight is 488 g/mol. The molecule has 0 radical (unpaired) electrons. The lowest BCUT2D eigenvalue weighted by Crippen LogP contribution is -2.50. The minimum absolute atomic E-state index is 0.00655. The molecule has 0 N–H and O–H groups in total. The predicted molar refractivity (Wildman–Crippen MR) is 136 cm³/mol. The Kier molecular flexibility index (Phi) is 11.0. The van der Waals surface area contributed by atoms with Crippen molar-refractivity contribution >= 4 is 23.2 Å². The number of piperazine rings is 1. The average Bonchev–Trinajstić information content (AvgIpc) is 3.40. The zero-order valence-corrected chi connectivity index (χ0v) is 21.2. The highest BCUT2D eigenvalue weighted by Gasteiger charge is 2.23. The van der Waals surface area contributed by atoms with Crippen molar-refractivity contribution in [1.82, 2.24) is 14.7 Å². The summed E-state index contributed by atoms with van der Waals surface area (Å²) >= 11 is 1.44. The number of halogens is 1. The zero-order chi connectivity index (χ0) is 24.2. The molecule has 0 atom stereocenters. The highest BCUT2D eigenvalue weighted by molar-refractivity contribution is 7.12. The molecule has 186 valence electrons. The van der Waals surface area contributed by atoms with Crippen molar-refractivity contribution in [2.75, 3.05) is 39.3 Å². The predicted octanol–water partition coefficient (Wildman–Crippen LogP) is 5.42. The van der Waals surface area contributed by atoms with Crippen molar-refractivity contribution in [2.45, 2.75) is 58.4 Å². The summed E-state index contributed by atoms with van der Waals surface area (Å²) in [6.45, 7) is 7.20. The van der Waals surface area contributed by atoms with Crippen LogP contribution in [-0.4, -0.2) is 65.8 Å². The molecule has 0 saturated carbocycles. The summed E-state index contributed by atoms with van der Waals surface area (Å²) in [6.07, 6.45) is 7.84. The molecule has 0 spiro atoms. The van der Waals surface area contributed by atoms with Gasteiger partial charge in [-0.2, -0.15) is 0 Å². The van der Waals surface area contributed by atoms with E-state index in [1.807, 2.05) is 27.3 Å². The van der Waals surface area contributed by atoms with Crippen LogP contribution in [0.25, 0.3) is 0 Å². The molecule has 5 nitrogen and oxygen atoms in total. The van der Waals surface area contributed by atoms with Crippen molar-refractivity contribution in [3.05, 3.63) is 58.0 Å². The van der Waals surface area contributed by atoms with Crippen molar-refractivity contribution in [3.63, 3.8) is 0 Å². The van der Waals surface area contributed by atoms with Crippen LogP contribution >= 0.6 is 11.3 Å². The molecule has 3 rings (SSSR count). The van der Waals surface area contributed by atoms with Crippen LogP contribution < -0.4 is 0 Å². The third-order valence-corrected chi connectivity index (χ3v) is 7.32. The van der Waals surface area contributed by atoms with E-state index in [0.717, 1.165) is 51.1 Å². The first-order chi connectivity index (χ1) is 16.6. The number of carbonyl (C=O) groups is 2. The highest BCUT2D eigenvalue weighted by Crippen LogP contribution is 2.16. The fourth-order valence-corrected chi connectivity index (χ4v) is 5.01. The summed E-state index contributed by atoms with van der Waals surface area (Å²) in [5.41, 5.74) is 0.913. The van der Waals surface area contributed by atoms with Crippen LogP contribution in [0.1, 0.15) is 67.1 Å². The van der Waals surface area contributed by atoms with Gasteiger partial charge in [0.25, 0.3) is 5.91 Å². The maximum atomic E-state index is 13.3. The fourth-order valence-electron chi connectivity index (χ4n) is 4.32. The van der Waals surface area contributed by atoms with E-state index in [-0.39, 0.29) is 17.6 Å². The number of rotatable bonds is 13. The molecule has 7 heteroatoms. The monoisotopic (exact) mass is 487 g/mol. The Balaban J connectivity index is 1.44. The summed E-state index contributed by atoms with van der Waals surface area (Å²) < 4.78 is 13.3. The Bertz CT molecular complexity index is 865. The molecule has 1 saturated heterocycles. The SMILES string of the molecule is CCCCCCCCC(=O)N1CCN(CCN(Cc2ccc(F)cc2)C(=O)c2cccs2)CC1. The van der Waals surface area contributed by atoms with E-state index in [1.54, 1.807) is 12.1 Å².